The quantitative estimate of drug-likeness (QED) is 0.727. The first-order valence-corrected chi connectivity index (χ1v) is 6.43. The van der Waals surface area contributed by atoms with Gasteiger partial charge < -0.3 is 16.0 Å². The van der Waals surface area contributed by atoms with Crippen LogP contribution in [0.3, 0.4) is 0 Å². The van der Waals surface area contributed by atoms with Crippen molar-refractivity contribution in [2.45, 2.75) is 45.1 Å². The fourth-order valence-electron chi connectivity index (χ4n) is 2.08. The molecule has 0 aromatic heterocycles. The Morgan fingerprint density at radius 1 is 1.31 bits per heavy atom. The Hall–Kier alpha value is -0.610. The van der Waals surface area contributed by atoms with E-state index in [2.05, 4.69) is 10.2 Å². The lowest BCUT2D eigenvalue weighted by atomic mass is 10.2. The Balaban J connectivity index is 2.07. The zero-order chi connectivity index (χ0) is 11.8. The van der Waals surface area contributed by atoms with E-state index in [4.69, 9.17) is 5.73 Å². The van der Waals surface area contributed by atoms with E-state index in [1.807, 2.05) is 6.92 Å². The molecule has 1 heterocycles. The highest BCUT2D eigenvalue weighted by atomic mass is 16.1. The first-order valence-electron chi connectivity index (χ1n) is 6.43. The van der Waals surface area contributed by atoms with Crippen molar-refractivity contribution < 1.29 is 4.79 Å². The zero-order valence-corrected chi connectivity index (χ0v) is 10.4. The smallest absolute Gasteiger partial charge is 0.221 e. The van der Waals surface area contributed by atoms with Gasteiger partial charge in [-0.3, -0.25) is 4.79 Å². The Bertz CT molecular complexity index is 198. The summed E-state index contributed by atoms with van der Waals surface area (Å²) in [6.45, 7) is 5.96. The molecule has 4 heteroatoms. The maximum Gasteiger partial charge on any atom is 0.221 e. The summed E-state index contributed by atoms with van der Waals surface area (Å²) in [5, 5.41) is 2.92. The number of hydrogen-bond acceptors (Lipinski definition) is 3. The van der Waals surface area contributed by atoms with Crippen molar-refractivity contribution in [3.8, 4) is 0 Å². The van der Waals surface area contributed by atoms with Crippen LogP contribution in [0.5, 0.6) is 0 Å². The molecule has 3 N–H and O–H groups in total. The fraction of sp³-hybridized carbons (Fsp3) is 0.917. The molecule has 0 radical (unpaired) electrons. The molecule has 94 valence electrons. The monoisotopic (exact) mass is 227 g/mol. The number of likely N-dealkylation sites (tertiary alicyclic amines) is 1. The molecule has 0 aliphatic carbocycles. The molecule has 1 fully saturated rings. The van der Waals surface area contributed by atoms with Gasteiger partial charge in [-0.05, 0) is 32.9 Å². The van der Waals surface area contributed by atoms with Gasteiger partial charge in [-0.1, -0.05) is 12.8 Å². The van der Waals surface area contributed by atoms with Crippen molar-refractivity contribution >= 4 is 5.91 Å². The number of nitrogens with zero attached hydrogens (tertiary/aromatic N) is 1. The third kappa shape index (κ3) is 6.08. The van der Waals surface area contributed by atoms with E-state index in [9.17, 15) is 4.79 Å². The summed E-state index contributed by atoms with van der Waals surface area (Å²) in [6.07, 6.45) is 5.74. The number of carbonyl (C=O) groups is 1. The van der Waals surface area contributed by atoms with Gasteiger partial charge in [0.1, 0.15) is 0 Å². The largest absolute Gasteiger partial charge is 0.355 e. The Kier molecular flexibility index (Phi) is 6.42. The maximum absolute atomic E-state index is 11.4. The standard InChI is InChI=1S/C12H25N3O/c1-11(13)10-12(16)14-6-9-15-7-4-2-3-5-8-15/h11H,2-10,13H2,1H3,(H,14,16). The van der Waals surface area contributed by atoms with E-state index >= 15 is 0 Å². The molecule has 0 bridgehead atoms. The summed E-state index contributed by atoms with van der Waals surface area (Å²) in [5.74, 6) is 0.0739. The summed E-state index contributed by atoms with van der Waals surface area (Å²) in [6, 6.07) is -0.0433. The molecule has 0 spiro atoms. The average Bonchev–Trinajstić information content (AvgIpc) is 2.45. The van der Waals surface area contributed by atoms with Crippen LogP contribution in [-0.2, 0) is 4.79 Å². The molecule has 0 saturated carbocycles. The molecule has 1 unspecified atom stereocenters. The Morgan fingerprint density at radius 3 is 2.50 bits per heavy atom. The second-order valence-corrected chi connectivity index (χ2v) is 4.79. The van der Waals surface area contributed by atoms with Crippen LogP contribution in [0.25, 0.3) is 0 Å². The number of amides is 1. The van der Waals surface area contributed by atoms with E-state index in [-0.39, 0.29) is 11.9 Å². The number of hydrogen-bond donors (Lipinski definition) is 2. The van der Waals surface area contributed by atoms with Crippen LogP contribution in [-0.4, -0.2) is 43.0 Å². The average molecular weight is 227 g/mol. The molecule has 0 aromatic rings. The third-order valence-electron chi connectivity index (χ3n) is 2.96. The van der Waals surface area contributed by atoms with E-state index in [0.717, 1.165) is 13.1 Å². The first kappa shape index (κ1) is 13.5. The molecule has 1 atom stereocenters. The molecule has 1 saturated heterocycles. The van der Waals surface area contributed by atoms with Gasteiger partial charge >= 0.3 is 0 Å². The summed E-state index contributed by atoms with van der Waals surface area (Å²) >= 11 is 0. The minimum atomic E-state index is -0.0433. The van der Waals surface area contributed by atoms with Crippen LogP contribution in [0.15, 0.2) is 0 Å². The van der Waals surface area contributed by atoms with Gasteiger partial charge in [-0.25, -0.2) is 0 Å². The van der Waals surface area contributed by atoms with Crippen molar-refractivity contribution in [1.29, 1.82) is 0 Å². The molecule has 1 rings (SSSR count). The van der Waals surface area contributed by atoms with Gasteiger partial charge in [0.25, 0.3) is 0 Å². The normalized spacial score (nSPS) is 20.1. The Labute approximate surface area is 98.6 Å². The summed E-state index contributed by atoms with van der Waals surface area (Å²) in [5.41, 5.74) is 5.56. The summed E-state index contributed by atoms with van der Waals surface area (Å²) < 4.78 is 0. The van der Waals surface area contributed by atoms with E-state index in [0.29, 0.717) is 6.42 Å². The molecule has 1 amide bonds. The third-order valence-corrected chi connectivity index (χ3v) is 2.96. The first-order chi connectivity index (χ1) is 7.68. The lowest BCUT2D eigenvalue weighted by Gasteiger charge is -2.19. The predicted octanol–water partition coefficient (Wildman–Crippen LogP) is 0.716. The van der Waals surface area contributed by atoms with Crippen molar-refractivity contribution in [1.82, 2.24) is 10.2 Å². The SMILES string of the molecule is CC(N)CC(=O)NCCN1CCCCCC1. The molecule has 1 aliphatic heterocycles. The van der Waals surface area contributed by atoms with Gasteiger partial charge in [0.2, 0.25) is 5.91 Å². The lowest BCUT2D eigenvalue weighted by Crippen LogP contribution is -2.37. The van der Waals surface area contributed by atoms with Gasteiger partial charge in [0.15, 0.2) is 0 Å². The van der Waals surface area contributed by atoms with Crippen LogP contribution in [0, 0.1) is 0 Å². The van der Waals surface area contributed by atoms with Crippen molar-refractivity contribution in [3.63, 3.8) is 0 Å². The van der Waals surface area contributed by atoms with E-state index < -0.39 is 0 Å². The minimum Gasteiger partial charge on any atom is -0.355 e. The predicted molar refractivity (Wildman–Crippen MR) is 66.2 cm³/mol. The molecular weight excluding hydrogens is 202 g/mol. The van der Waals surface area contributed by atoms with E-state index in [1.54, 1.807) is 0 Å². The van der Waals surface area contributed by atoms with Crippen molar-refractivity contribution in [3.05, 3.63) is 0 Å². The Morgan fingerprint density at radius 2 is 1.94 bits per heavy atom. The van der Waals surface area contributed by atoms with Gasteiger partial charge in [-0.2, -0.15) is 0 Å². The zero-order valence-electron chi connectivity index (χ0n) is 10.4. The van der Waals surface area contributed by atoms with Crippen LogP contribution in [0.1, 0.15) is 39.0 Å². The van der Waals surface area contributed by atoms with Crippen LogP contribution in [0.2, 0.25) is 0 Å². The van der Waals surface area contributed by atoms with Gasteiger partial charge in [0, 0.05) is 25.6 Å². The summed E-state index contributed by atoms with van der Waals surface area (Å²) in [4.78, 5) is 13.8. The minimum absolute atomic E-state index is 0.0433. The van der Waals surface area contributed by atoms with Crippen molar-refractivity contribution in [2.24, 2.45) is 5.73 Å². The number of carbonyl (C=O) groups excluding carboxylic acids is 1. The second kappa shape index (κ2) is 7.63. The molecule has 4 nitrogen and oxygen atoms in total. The molecule has 0 aromatic carbocycles. The fourth-order valence-corrected chi connectivity index (χ4v) is 2.08. The van der Waals surface area contributed by atoms with Crippen LogP contribution < -0.4 is 11.1 Å². The van der Waals surface area contributed by atoms with Gasteiger partial charge in [-0.15, -0.1) is 0 Å². The highest BCUT2D eigenvalue weighted by molar-refractivity contribution is 5.76. The maximum atomic E-state index is 11.4. The number of rotatable bonds is 5. The molecule has 1 aliphatic rings. The topological polar surface area (TPSA) is 58.4 Å². The molecular formula is C12H25N3O. The lowest BCUT2D eigenvalue weighted by molar-refractivity contribution is -0.121. The van der Waals surface area contributed by atoms with Crippen molar-refractivity contribution in [2.75, 3.05) is 26.2 Å². The second-order valence-electron chi connectivity index (χ2n) is 4.79. The molecule has 16 heavy (non-hydrogen) atoms. The van der Waals surface area contributed by atoms with Crippen LogP contribution in [0.4, 0.5) is 0 Å². The summed E-state index contributed by atoms with van der Waals surface area (Å²) in [7, 11) is 0. The number of nitrogens with two attached hydrogens (primary N) is 1. The number of nitrogens with one attached hydrogen (secondary N) is 1. The van der Waals surface area contributed by atoms with Gasteiger partial charge in [0.05, 0.1) is 0 Å². The highest BCUT2D eigenvalue weighted by Crippen LogP contribution is 2.08. The highest BCUT2D eigenvalue weighted by Gasteiger charge is 2.09. The van der Waals surface area contributed by atoms with E-state index in [1.165, 1.54) is 38.8 Å². The van der Waals surface area contributed by atoms with Crippen LogP contribution >= 0.6 is 0 Å².